The number of H-pyrrole nitrogens is 2. The Morgan fingerprint density at radius 1 is 0.727 bits per heavy atom. The Bertz CT molecular complexity index is 1540. The van der Waals surface area contributed by atoms with E-state index in [0.717, 1.165) is 43.0 Å². The first kappa shape index (κ1) is 20.0. The molecule has 3 aromatic heterocycles. The fourth-order valence-corrected chi connectivity index (χ4v) is 5.28. The third kappa shape index (κ3) is 3.66. The van der Waals surface area contributed by atoms with Crippen LogP contribution < -0.4 is 16.0 Å². The van der Waals surface area contributed by atoms with Crippen molar-refractivity contribution in [2.45, 2.75) is 12.2 Å². The van der Waals surface area contributed by atoms with E-state index in [0.29, 0.717) is 11.4 Å². The summed E-state index contributed by atoms with van der Waals surface area (Å²) < 4.78 is 13.6. The highest BCUT2D eigenvalue weighted by atomic mass is 32.1. The molecule has 2 aliphatic rings. The Balaban J connectivity index is 1.61. The first-order valence-corrected chi connectivity index (χ1v) is 11.4. The van der Waals surface area contributed by atoms with Crippen molar-refractivity contribution in [3.63, 3.8) is 0 Å². The quantitative estimate of drug-likeness (QED) is 0.305. The van der Waals surface area contributed by atoms with Crippen molar-refractivity contribution in [3.8, 4) is 0 Å². The number of halogens is 1. The van der Waals surface area contributed by atoms with Gasteiger partial charge in [0.25, 0.3) is 0 Å². The maximum absolute atomic E-state index is 13.6. The number of hydrogen-bond donors (Lipinski definition) is 5. The lowest BCUT2D eigenvalue weighted by atomic mass is 10.0. The van der Waals surface area contributed by atoms with E-state index in [1.165, 1.54) is 12.1 Å². The average molecular weight is 458 g/mol. The molecule has 4 aromatic rings. The van der Waals surface area contributed by atoms with Crippen molar-refractivity contribution in [3.05, 3.63) is 115 Å². The highest BCUT2D eigenvalue weighted by Gasteiger charge is 2.32. The number of aliphatic hydroxyl groups excluding tert-OH is 2. The van der Waals surface area contributed by atoms with E-state index in [9.17, 15) is 14.6 Å². The highest BCUT2D eigenvalue weighted by Crippen LogP contribution is 2.31. The van der Waals surface area contributed by atoms with Crippen LogP contribution in [-0.4, -0.2) is 32.4 Å². The van der Waals surface area contributed by atoms with Crippen LogP contribution in [0.25, 0.3) is 23.8 Å². The molecular formula is C26H20FN3O2S. The summed E-state index contributed by atoms with van der Waals surface area (Å²) in [4.78, 5) is 8.71. The summed E-state index contributed by atoms with van der Waals surface area (Å²) in [5.41, 5.74) is 4.64. The fourth-order valence-electron chi connectivity index (χ4n) is 4.24. The number of thiophene rings is 1. The molecule has 0 aliphatic carbocycles. The Labute approximate surface area is 192 Å². The number of aliphatic hydroxyl groups is 2. The molecule has 2 aliphatic heterocycles. The number of nitrogens with one attached hydrogen (secondary N) is 3. The molecule has 2 unspecified atom stereocenters. The predicted octanol–water partition coefficient (Wildman–Crippen LogP) is 2.64. The molecule has 0 radical (unpaired) electrons. The van der Waals surface area contributed by atoms with Crippen LogP contribution in [0.5, 0.6) is 0 Å². The first-order chi connectivity index (χ1) is 16.0. The van der Waals surface area contributed by atoms with Crippen LogP contribution in [-0.2, 0) is 0 Å². The van der Waals surface area contributed by atoms with Gasteiger partial charge in [0.2, 0.25) is 0 Å². The largest absolute Gasteiger partial charge is 0.384 e. The summed E-state index contributed by atoms with van der Waals surface area (Å²) in [6, 6.07) is 18.4. The Hall–Kier alpha value is -3.65. The van der Waals surface area contributed by atoms with Crippen molar-refractivity contribution in [2.24, 2.45) is 0 Å². The summed E-state index contributed by atoms with van der Waals surface area (Å²) >= 11 is 1.56. The minimum atomic E-state index is -1.04. The summed E-state index contributed by atoms with van der Waals surface area (Å²) in [5, 5.41) is 26.1. The molecule has 0 spiro atoms. The Kier molecular flexibility index (Phi) is 4.69. The SMILES string of the molecule is OC1C2=Cc3ccc([nH]3)C=c3ccc([nH]3)=C(c3ccc(F)cc3)c3ccc(s3)C=C(N2)C1O. The van der Waals surface area contributed by atoms with Crippen LogP contribution >= 0.6 is 11.3 Å². The van der Waals surface area contributed by atoms with Crippen LogP contribution in [0.15, 0.2) is 72.1 Å². The van der Waals surface area contributed by atoms with Crippen LogP contribution in [0, 0.1) is 5.82 Å². The number of aromatic amines is 2. The van der Waals surface area contributed by atoms with Gasteiger partial charge in [-0.15, -0.1) is 11.3 Å². The number of benzene rings is 1. The molecular weight excluding hydrogens is 437 g/mol. The second kappa shape index (κ2) is 7.74. The Morgan fingerprint density at radius 3 is 2.24 bits per heavy atom. The van der Waals surface area contributed by atoms with Crippen LogP contribution in [0.2, 0.25) is 0 Å². The number of fused-ring (bicyclic) bond motifs is 8. The van der Waals surface area contributed by atoms with Crippen molar-refractivity contribution in [1.82, 2.24) is 15.3 Å². The van der Waals surface area contributed by atoms with Gasteiger partial charge in [0, 0.05) is 48.8 Å². The molecule has 33 heavy (non-hydrogen) atoms. The van der Waals surface area contributed by atoms with Gasteiger partial charge in [-0.25, -0.2) is 4.39 Å². The molecule has 5 nitrogen and oxygen atoms in total. The summed E-state index contributed by atoms with van der Waals surface area (Å²) in [7, 11) is 0. The lowest BCUT2D eigenvalue weighted by Crippen LogP contribution is -2.20. The van der Waals surface area contributed by atoms with Gasteiger partial charge in [-0.2, -0.15) is 0 Å². The van der Waals surface area contributed by atoms with Crippen LogP contribution in [0.3, 0.4) is 0 Å². The topological polar surface area (TPSA) is 84.1 Å². The maximum Gasteiger partial charge on any atom is 0.125 e. The van der Waals surface area contributed by atoms with Gasteiger partial charge in [0.15, 0.2) is 0 Å². The summed E-state index contributed by atoms with van der Waals surface area (Å²) in [6.07, 6.45) is 3.58. The second-order valence-electron chi connectivity index (χ2n) is 8.14. The monoisotopic (exact) mass is 457 g/mol. The molecule has 7 heteroatoms. The predicted molar refractivity (Wildman–Crippen MR) is 128 cm³/mol. The third-order valence-electron chi connectivity index (χ3n) is 5.86. The summed E-state index contributed by atoms with van der Waals surface area (Å²) in [5.74, 6) is -0.282. The molecule has 1 fully saturated rings. The molecule has 2 atom stereocenters. The standard InChI is InChI=1S/C26H20FN3O2S/c27-15-3-1-14(2-4-15)24-20-9-7-17(29-20)11-16-5-6-18(28-16)12-21-25(31)26(32)22(30-21)13-19-8-10-23(24)33-19/h1-13,25-26,28-32H. The molecule has 1 saturated heterocycles. The first-order valence-electron chi connectivity index (χ1n) is 10.6. The zero-order chi connectivity index (χ0) is 22.5. The molecule has 6 rings (SSSR count). The fraction of sp³-hybridized carbons (Fsp3) is 0.0769. The smallest absolute Gasteiger partial charge is 0.125 e. The van der Waals surface area contributed by atoms with E-state index in [1.54, 1.807) is 29.5 Å². The number of rotatable bonds is 1. The molecule has 164 valence electrons. The van der Waals surface area contributed by atoms with Gasteiger partial charge in [0.1, 0.15) is 18.0 Å². The second-order valence-corrected chi connectivity index (χ2v) is 9.25. The average Bonchev–Trinajstić information content (AvgIpc) is 3.59. The highest BCUT2D eigenvalue weighted by molar-refractivity contribution is 7.14. The number of hydrogen-bond acceptors (Lipinski definition) is 4. The molecule has 0 amide bonds. The zero-order valence-electron chi connectivity index (χ0n) is 17.3. The minimum Gasteiger partial charge on any atom is -0.384 e. The van der Waals surface area contributed by atoms with Gasteiger partial charge < -0.3 is 25.5 Å². The van der Waals surface area contributed by atoms with E-state index in [2.05, 4.69) is 15.3 Å². The lowest BCUT2D eigenvalue weighted by Gasteiger charge is -2.06. The maximum atomic E-state index is 13.6. The van der Waals surface area contributed by atoms with E-state index in [1.807, 2.05) is 48.6 Å². The van der Waals surface area contributed by atoms with E-state index < -0.39 is 12.2 Å². The number of aromatic nitrogens is 2. The molecule has 1 aromatic carbocycles. The van der Waals surface area contributed by atoms with Crippen molar-refractivity contribution < 1.29 is 14.6 Å². The van der Waals surface area contributed by atoms with Crippen molar-refractivity contribution in [1.29, 1.82) is 0 Å². The zero-order valence-corrected chi connectivity index (χ0v) is 18.2. The molecule has 5 heterocycles. The van der Waals surface area contributed by atoms with E-state index >= 15 is 0 Å². The van der Waals surface area contributed by atoms with Crippen molar-refractivity contribution >= 4 is 35.1 Å². The third-order valence-corrected chi connectivity index (χ3v) is 6.91. The summed E-state index contributed by atoms with van der Waals surface area (Å²) in [6.45, 7) is 0. The molecule has 5 N–H and O–H groups in total. The molecule has 0 saturated carbocycles. The van der Waals surface area contributed by atoms with Gasteiger partial charge >= 0.3 is 0 Å². The van der Waals surface area contributed by atoms with Crippen LogP contribution in [0.1, 0.15) is 26.7 Å². The van der Waals surface area contributed by atoms with E-state index in [-0.39, 0.29) is 5.82 Å². The Morgan fingerprint density at radius 2 is 1.45 bits per heavy atom. The lowest BCUT2D eigenvalue weighted by molar-refractivity contribution is 0.0818. The van der Waals surface area contributed by atoms with Gasteiger partial charge in [-0.3, -0.25) is 0 Å². The van der Waals surface area contributed by atoms with Gasteiger partial charge in [-0.05, 0) is 72.3 Å². The van der Waals surface area contributed by atoms with Crippen LogP contribution in [0.4, 0.5) is 4.39 Å². The van der Waals surface area contributed by atoms with E-state index in [4.69, 9.17) is 0 Å². The van der Waals surface area contributed by atoms with Crippen molar-refractivity contribution in [2.75, 3.05) is 0 Å². The molecule has 8 bridgehead atoms. The normalized spacial score (nSPS) is 19.5. The van der Waals surface area contributed by atoms with Gasteiger partial charge in [-0.1, -0.05) is 12.1 Å². The van der Waals surface area contributed by atoms with Gasteiger partial charge in [0.05, 0.1) is 0 Å². The minimum absolute atomic E-state index is 0.282.